The molecule has 100 valence electrons. The van der Waals surface area contributed by atoms with Crippen LogP contribution in [0, 0.1) is 0 Å². The summed E-state index contributed by atoms with van der Waals surface area (Å²) < 4.78 is 0. The van der Waals surface area contributed by atoms with Gasteiger partial charge in [-0.2, -0.15) is 0 Å². The molecule has 1 aliphatic heterocycles. The van der Waals surface area contributed by atoms with Crippen molar-refractivity contribution in [2.24, 2.45) is 0 Å². The molecule has 0 radical (unpaired) electrons. The molecule has 0 spiro atoms. The van der Waals surface area contributed by atoms with E-state index in [9.17, 15) is 0 Å². The predicted octanol–water partition coefficient (Wildman–Crippen LogP) is 1.59. The molecule has 17 heavy (non-hydrogen) atoms. The van der Waals surface area contributed by atoms with Gasteiger partial charge in [0.05, 0.1) is 0 Å². The molecule has 3 nitrogen and oxygen atoms in total. The summed E-state index contributed by atoms with van der Waals surface area (Å²) in [4.78, 5) is 2.59. The van der Waals surface area contributed by atoms with Crippen LogP contribution in [0.5, 0.6) is 0 Å². The first-order valence-corrected chi connectivity index (χ1v) is 7.61. The van der Waals surface area contributed by atoms with Crippen LogP contribution >= 0.6 is 0 Å². The van der Waals surface area contributed by atoms with Gasteiger partial charge in [-0.15, -0.1) is 0 Å². The van der Waals surface area contributed by atoms with Crippen LogP contribution in [0.15, 0.2) is 0 Å². The molecule has 2 N–H and O–H groups in total. The van der Waals surface area contributed by atoms with E-state index in [-0.39, 0.29) is 0 Å². The van der Waals surface area contributed by atoms with Gasteiger partial charge in [-0.05, 0) is 32.4 Å². The molecule has 1 heterocycles. The normalized spacial score (nSPS) is 24.7. The van der Waals surface area contributed by atoms with Crippen molar-refractivity contribution < 1.29 is 0 Å². The van der Waals surface area contributed by atoms with Gasteiger partial charge >= 0.3 is 0 Å². The maximum atomic E-state index is 3.76. The Hall–Kier alpha value is -0.120. The van der Waals surface area contributed by atoms with Crippen LogP contribution < -0.4 is 10.6 Å². The molecule has 0 unspecified atom stereocenters. The molecule has 0 amide bonds. The summed E-state index contributed by atoms with van der Waals surface area (Å²) in [5.74, 6) is 0. The Morgan fingerprint density at radius 3 is 2.41 bits per heavy atom. The van der Waals surface area contributed by atoms with Crippen LogP contribution in [0.2, 0.25) is 0 Å². The Bertz CT molecular complexity index is 182. The fraction of sp³-hybridized carbons (Fsp3) is 1.00. The summed E-state index contributed by atoms with van der Waals surface area (Å²) in [7, 11) is 0. The molecule has 0 bridgehead atoms. The number of nitrogens with zero attached hydrogens (tertiary/aromatic N) is 1. The number of hydrogen-bond donors (Lipinski definition) is 2. The van der Waals surface area contributed by atoms with Gasteiger partial charge in [-0.1, -0.05) is 25.7 Å². The second kappa shape index (κ2) is 8.06. The van der Waals surface area contributed by atoms with Gasteiger partial charge in [0, 0.05) is 32.2 Å². The Balaban J connectivity index is 1.49. The fourth-order valence-electron chi connectivity index (χ4n) is 3.03. The van der Waals surface area contributed by atoms with Crippen LogP contribution in [-0.4, -0.2) is 50.2 Å². The van der Waals surface area contributed by atoms with E-state index in [1.54, 1.807) is 0 Å². The zero-order chi connectivity index (χ0) is 11.8. The van der Waals surface area contributed by atoms with Gasteiger partial charge < -0.3 is 15.5 Å². The van der Waals surface area contributed by atoms with Crippen molar-refractivity contribution in [3.8, 4) is 0 Å². The Morgan fingerprint density at radius 1 is 1.00 bits per heavy atom. The molecule has 2 fully saturated rings. The van der Waals surface area contributed by atoms with Gasteiger partial charge in [0.2, 0.25) is 0 Å². The lowest BCUT2D eigenvalue weighted by atomic mass is 10.1. The lowest BCUT2D eigenvalue weighted by Gasteiger charge is -2.27. The predicted molar refractivity (Wildman–Crippen MR) is 73.4 cm³/mol. The van der Waals surface area contributed by atoms with E-state index in [0.29, 0.717) is 0 Å². The number of piperazine rings is 1. The highest BCUT2D eigenvalue weighted by Crippen LogP contribution is 2.16. The Morgan fingerprint density at radius 2 is 1.71 bits per heavy atom. The second-order valence-electron chi connectivity index (χ2n) is 5.59. The Kier molecular flexibility index (Phi) is 6.32. The van der Waals surface area contributed by atoms with Gasteiger partial charge in [0.25, 0.3) is 0 Å². The van der Waals surface area contributed by atoms with Crippen molar-refractivity contribution >= 4 is 0 Å². The molecule has 0 atom stereocenters. The van der Waals surface area contributed by atoms with Crippen molar-refractivity contribution in [1.82, 2.24) is 15.5 Å². The van der Waals surface area contributed by atoms with E-state index in [1.807, 2.05) is 0 Å². The molecule has 2 rings (SSSR count). The molecule has 0 aromatic rings. The summed E-state index contributed by atoms with van der Waals surface area (Å²) in [5, 5.41) is 7.17. The minimum atomic E-state index is 0.820. The summed E-state index contributed by atoms with van der Waals surface area (Å²) in [6.07, 6.45) is 9.93. The average Bonchev–Trinajstić information content (AvgIpc) is 2.65. The van der Waals surface area contributed by atoms with Crippen LogP contribution in [0.4, 0.5) is 0 Å². The van der Waals surface area contributed by atoms with Crippen molar-refractivity contribution in [3.05, 3.63) is 0 Å². The van der Waals surface area contributed by atoms with Crippen molar-refractivity contribution in [2.45, 2.75) is 51.0 Å². The quantitative estimate of drug-likeness (QED) is 0.563. The zero-order valence-electron chi connectivity index (χ0n) is 11.2. The second-order valence-corrected chi connectivity index (χ2v) is 5.59. The highest BCUT2D eigenvalue weighted by atomic mass is 15.2. The third-order valence-corrected chi connectivity index (χ3v) is 4.15. The highest BCUT2D eigenvalue weighted by Gasteiger charge is 2.12. The molecule has 1 aliphatic carbocycles. The largest absolute Gasteiger partial charge is 0.314 e. The van der Waals surface area contributed by atoms with Crippen LogP contribution in [0.25, 0.3) is 0 Å². The third kappa shape index (κ3) is 5.36. The Labute approximate surface area is 106 Å². The summed E-state index contributed by atoms with van der Waals surface area (Å²) in [6, 6.07) is 0.820. The van der Waals surface area contributed by atoms with Gasteiger partial charge in [0.15, 0.2) is 0 Å². The standard InChI is InChI=1S/C14H29N3/c1-2-4-7-14(6-3-1)16-8-5-11-17-12-9-15-10-13-17/h14-16H,1-13H2. The van der Waals surface area contributed by atoms with Gasteiger partial charge in [-0.25, -0.2) is 0 Å². The number of nitrogens with one attached hydrogen (secondary N) is 2. The summed E-state index contributed by atoms with van der Waals surface area (Å²) in [5.41, 5.74) is 0. The molecule has 0 aromatic carbocycles. The van der Waals surface area contributed by atoms with Gasteiger partial charge in [-0.3, -0.25) is 0 Å². The molecule has 0 aromatic heterocycles. The summed E-state index contributed by atoms with van der Waals surface area (Å²) in [6.45, 7) is 7.33. The van der Waals surface area contributed by atoms with E-state index < -0.39 is 0 Å². The van der Waals surface area contributed by atoms with Crippen molar-refractivity contribution in [1.29, 1.82) is 0 Å². The maximum Gasteiger partial charge on any atom is 0.0107 e. The molecule has 2 aliphatic rings. The molecular formula is C14H29N3. The number of hydrogen-bond acceptors (Lipinski definition) is 3. The van der Waals surface area contributed by atoms with E-state index in [4.69, 9.17) is 0 Å². The van der Waals surface area contributed by atoms with Crippen molar-refractivity contribution in [3.63, 3.8) is 0 Å². The van der Waals surface area contributed by atoms with Crippen LogP contribution in [0.1, 0.15) is 44.9 Å². The third-order valence-electron chi connectivity index (χ3n) is 4.15. The van der Waals surface area contributed by atoms with E-state index in [2.05, 4.69) is 15.5 Å². The van der Waals surface area contributed by atoms with Crippen LogP contribution in [-0.2, 0) is 0 Å². The first-order chi connectivity index (χ1) is 8.45. The molecule has 1 saturated carbocycles. The minimum Gasteiger partial charge on any atom is -0.314 e. The molecular weight excluding hydrogens is 210 g/mol. The highest BCUT2D eigenvalue weighted by molar-refractivity contribution is 4.72. The smallest absolute Gasteiger partial charge is 0.0107 e. The van der Waals surface area contributed by atoms with E-state index in [1.165, 1.54) is 84.2 Å². The van der Waals surface area contributed by atoms with Crippen molar-refractivity contribution in [2.75, 3.05) is 39.3 Å². The monoisotopic (exact) mass is 239 g/mol. The van der Waals surface area contributed by atoms with Gasteiger partial charge in [0.1, 0.15) is 0 Å². The molecule has 3 heteroatoms. The van der Waals surface area contributed by atoms with E-state index in [0.717, 1.165) is 6.04 Å². The van der Waals surface area contributed by atoms with Crippen LogP contribution in [0.3, 0.4) is 0 Å². The topological polar surface area (TPSA) is 27.3 Å². The lowest BCUT2D eigenvalue weighted by Crippen LogP contribution is -2.44. The first-order valence-electron chi connectivity index (χ1n) is 7.61. The zero-order valence-corrected chi connectivity index (χ0v) is 11.2. The number of rotatable bonds is 5. The average molecular weight is 239 g/mol. The maximum absolute atomic E-state index is 3.76. The van der Waals surface area contributed by atoms with E-state index >= 15 is 0 Å². The minimum absolute atomic E-state index is 0.820. The summed E-state index contributed by atoms with van der Waals surface area (Å²) >= 11 is 0. The fourth-order valence-corrected chi connectivity index (χ4v) is 3.03. The molecule has 1 saturated heterocycles. The SMILES string of the molecule is C1CCCC(NCCCN2CCNCC2)CC1. The lowest BCUT2D eigenvalue weighted by molar-refractivity contribution is 0.236. The first kappa shape index (κ1) is 13.3.